The van der Waals surface area contributed by atoms with E-state index in [2.05, 4.69) is 10.3 Å². The van der Waals surface area contributed by atoms with Crippen molar-refractivity contribution in [2.24, 2.45) is 0 Å². The van der Waals surface area contributed by atoms with E-state index < -0.39 is 24.6 Å². The first kappa shape index (κ1) is 20.9. The third-order valence-electron chi connectivity index (χ3n) is 3.82. The van der Waals surface area contributed by atoms with Gasteiger partial charge in [-0.15, -0.1) is 11.8 Å². The molecular formula is C18H19FN4O5S. The van der Waals surface area contributed by atoms with Crippen molar-refractivity contribution >= 4 is 34.9 Å². The molecule has 9 nitrogen and oxygen atoms in total. The maximum Gasteiger partial charge on any atom is 0.436 e. The van der Waals surface area contributed by atoms with E-state index in [-0.39, 0.29) is 23.9 Å². The number of halogens is 1. The van der Waals surface area contributed by atoms with Crippen molar-refractivity contribution in [2.75, 3.05) is 24.8 Å². The summed E-state index contributed by atoms with van der Waals surface area (Å²) in [5.41, 5.74) is 2.85. The molecule has 0 aliphatic carbocycles. The van der Waals surface area contributed by atoms with Crippen LogP contribution in [0.15, 0.2) is 47.8 Å². The number of thioether (sulfide) groups is 1. The Balaban J connectivity index is 1.82. The lowest BCUT2D eigenvalue weighted by Crippen LogP contribution is -2.31. The molecule has 0 bridgehead atoms. The van der Waals surface area contributed by atoms with Gasteiger partial charge < -0.3 is 20.3 Å². The van der Waals surface area contributed by atoms with E-state index >= 15 is 0 Å². The number of anilines is 2. The number of fused-ring (bicyclic) bond motifs is 1. The van der Waals surface area contributed by atoms with Crippen molar-refractivity contribution in [2.45, 2.75) is 11.0 Å². The Labute approximate surface area is 169 Å². The number of rotatable bonds is 8. The Morgan fingerprint density at radius 3 is 2.93 bits per heavy atom. The van der Waals surface area contributed by atoms with Gasteiger partial charge in [-0.3, -0.25) is 9.24 Å². The molecule has 0 radical (unpaired) electrons. The standard InChI is InChI=1S/C18H19FN4O5S/c1-29-13-2-3-15(14(19)7-13)21-17-16(6-11-4-5-20-10-23(11)17)28-18(26)22-27-9-12(25)8-24/h2-7,10,12,21,24-25H,8-9H2,1H3,(H,22,26)/t12-/m1/s1. The molecule has 0 saturated heterocycles. The first-order valence-corrected chi connectivity index (χ1v) is 9.68. The zero-order valence-electron chi connectivity index (χ0n) is 15.3. The SMILES string of the molecule is CSc1ccc(Nc2c(OC(=O)NOC[C@H](O)CO)cc3ccncn23)c(F)c1. The molecular weight excluding hydrogens is 403 g/mol. The van der Waals surface area contributed by atoms with Gasteiger partial charge in [-0.05, 0) is 30.5 Å². The Bertz CT molecular complexity index is 1000. The second-order valence-electron chi connectivity index (χ2n) is 5.84. The minimum absolute atomic E-state index is 0.107. The third-order valence-corrected chi connectivity index (χ3v) is 4.54. The maximum absolute atomic E-state index is 14.4. The highest BCUT2D eigenvalue weighted by molar-refractivity contribution is 7.98. The summed E-state index contributed by atoms with van der Waals surface area (Å²) >= 11 is 1.42. The van der Waals surface area contributed by atoms with E-state index in [1.807, 2.05) is 11.7 Å². The number of carbonyl (C=O) groups excluding carboxylic acids is 1. The molecule has 0 saturated carbocycles. The quantitative estimate of drug-likeness (QED) is 0.323. The molecule has 0 aliphatic rings. The Hall–Kier alpha value is -2.86. The van der Waals surface area contributed by atoms with Crippen molar-refractivity contribution in [3.8, 4) is 5.75 Å². The number of carbonyl (C=O) groups is 1. The molecule has 154 valence electrons. The molecule has 2 aromatic heterocycles. The van der Waals surface area contributed by atoms with Gasteiger partial charge in [0.2, 0.25) is 0 Å². The van der Waals surface area contributed by atoms with E-state index in [0.717, 1.165) is 4.90 Å². The number of hydroxylamine groups is 1. The number of aliphatic hydroxyl groups excluding tert-OH is 2. The van der Waals surface area contributed by atoms with Gasteiger partial charge >= 0.3 is 6.09 Å². The van der Waals surface area contributed by atoms with Crippen LogP contribution in [-0.4, -0.2) is 51.3 Å². The van der Waals surface area contributed by atoms with Crippen molar-refractivity contribution in [1.29, 1.82) is 0 Å². The molecule has 0 fully saturated rings. The Morgan fingerprint density at radius 2 is 2.21 bits per heavy atom. The second-order valence-corrected chi connectivity index (χ2v) is 6.72. The monoisotopic (exact) mass is 422 g/mol. The highest BCUT2D eigenvalue weighted by Crippen LogP contribution is 2.33. The fourth-order valence-corrected chi connectivity index (χ4v) is 2.84. The van der Waals surface area contributed by atoms with Crippen LogP contribution in [0.2, 0.25) is 0 Å². The lowest BCUT2D eigenvalue weighted by molar-refractivity contribution is -0.0290. The minimum Gasteiger partial charge on any atom is -0.405 e. The number of ether oxygens (including phenoxy) is 1. The summed E-state index contributed by atoms with van der Waals surface area (Å²) in [6.45, 7) is -0.824. The van der Waals surface area contributed by atoms with E-state index in [9.17, 15) is 14.3 Å². The third kappa shape index (κ3) is 5.15. The summed E-state index contributed by atoms with van der Waals surface area (Å²) < 4.78 is 21.3. The van der Waals surface area contributed by atoms with Gasteiger partial charge in [0.1, 0.15) is 24.9 Å². The van der Waals surface area contributed by atoms with Crippen LogP contribution in [0.1, 0.15) is 0 Å². The zero-order chi connectivity index (χ0) is 20.8. The highest BCUT2D eigenvalue weighted by Gasteiger charge is 2.17. The number of aliphatic hydroxyl groups is 2. The van der Waals surface area contributed by atoms with Crippen LogP contribution >= 0.6 is 11.8 Å². The van der Waals surface area contributed by atoms with E-state index in [4.69, 9.17) is 14.7 Å². The largest absolute Gasteiger partial charge is 0.436 e. The van der Waals surface area contributed by atoms with Gasteiger partial charge in [0.05, 0.1) is 17.8 Å². The molecule has 0 spiro atoms. The molecule has 3 aromatic rings. The first-order valence-electron chi connectivity index (χ1n) is 8.46. The zero-order valence-corrected chi connectivity index (χ0v) is 16.1. The molecule has 1 aromatic carbocycles. The first-order chi connectivity index (χ1) is 14.0. The van der Waals surface area contributed by atoms with Gasteiger partial charge in [0.15, 0.2) is 11.6 Å². The number of hydrogen-bond donors (Lipinski definition) is 4. The fraction of sp³-hybridized carbons (Fsp3) is 0.222. The molecule has 1 amide bonds. The van der Waals surface area contributed by atoms with Crippen molar-refractivity contribution < 1.29 is 29.0 Å². The summed E-state index contributed by atoms with van der Waals surface area (Å²) in [6, 6.07) is 8.00. The number of benzene rings is 1. The average Bonchev–Trinajstić information content (AvgIpc) is 3.06. The van der Waals surface area contributed by atoms with Gasteiger partial charge in [-0.2, -0.15) is 5.48 Å². The number of aromatic nitrogens is 2. The topological polar surface area (TPSA) is 117 Å². The van der Waals surface area contributed by atoms with Gasteiger partial charge in [-0.1, -0.05) is 0 Å². The van der Waals surface area contributed by atoms with Crippen LogP contribution in [0.4, 0.5) is 20.7 Å². The van der Waals surface area contributed by atoms with Crippen LogP contribution in [0.25, 0.3) is 5.52 Å². The van der Waals surface area contributed by atoms with Gasteiger partial charge in [0.25, 0.3) is 0 Å². The molecule has 2 heterocycles. The average molecular weight is 422 g/mol. The molecule has 29 heavy (non-hydrogen) atoms. The normalized spacial score (nSPS) is 12.0. The molecule has 1 atom stereocenters. The lowest BCUT2D eigenvalue weighted by Gasteiger charge is -2.12. The number of hydrogen-bond acceptors (Lipinski definition) is 8. The maximum atomic E-state index is 14.4. The summed E-state index contributed by atoms with van der Waals surface area (Å²) in [7, 11) is 0. The fourth-order valence-electron chi connectivity index (χ4n) is 2.42. The van der Waals surface area contributed by atoms with Gasteiger partial charge in [-0.25, -0.2) is 14.2 Å². The van der Waals surface area contributed by atoms with E-state index in [0.29, 0.717) is 5.52 Å². The number of nitrogens with zero attached hydrogens (tertiary/aromatic N) is 2. The minimum atomic E-state index is -1.14. The molecule has 3 rings (SSSR count). The summed E-state index contributed by atoms with van der Waals surface area (Å²) in [5, 5.41) is 20.9. The molecule has 4 N–H and O–H groups in total. The van der Waals surface area contributed by atoms with Gasteiger partial charge in [0, 0.05) is 17.2 Å². The van der Waals surface area contributed by atoms with E-state index in [1.165, 1.54) is 24.2 Å². The van der Waals surface area contributed by atoms with Crippen LogP contribution < -0.4 is 15.5 Å². The smallest absolute Gasteiger partial charge is 0.405 e. The predicted octanol–water partition coefficient (Wildman–Crippen LogP) is 2.31. The van der Waals surface area contributed by atoms with Crippen LogP contribution in [0, 0.1) is 5.82 Å². The predicted molar refractivity (Wildman–Crippen MR) is 105 cm³/mol. The molecule has 11 heteroatoms. The van der Waals surface area contributed by atoms with Crippen molar-refractivity contribution in [3.05, 3.63) is 48.7 Å². The summed E-state index contributed by atoms with van der Waals surface area (Å²) in [5.74, 6) is -0.0722. The molecule has 0 unspecified atom stereocenters. The van der Waals surface area contributed by atoms with E-state index in [1.54, 1.807) is 34.9 Å². The van der Waals surface area contributed by atoms with Crippen molar-refractivity contribution in [1.82, 2.24) is 14.9 Å². The Kier molecular flexibility index (Phi) is 6.88. The number of amides is 1. The second kappa shape index (κ2) is 9.56. The van der Waals surface area contributed by atoms with Crippen LogP contribution in [0.5, 0.6) is 5.75 Å². The molecule has 0 aliphatic heterocycles. The van der Waals surface area contributed by atoms with Crippen LogP contribution in [0.3, 0.4) is 0 Å². The summed E-state index contributed by atoms with van der Waals surface area (Å²) in [4.78, 5) is 21.5. The lowest BCUT2D eigenvalue weighted by atomic mass is 10.3. The number of nitrogens with one attached hydrogen (secondary N) is 2. The van der Waals surface area contributed by atoms with Crippen LogP contribution in [-0.2, 0) is 4.84 Å². The summed E-state index contributed by atoms with van der Waals surface area (Å²) in [6.07, 6.45) is 2.81. The van der Waals surface area contributed by atoms with Crippen molar-refractivity contribution in [3.63, 3.8) is 0 Å². The Morgan fingerprint density at radius 1 is 1.38 bits per heavy atom. The highest BCUT2D eigenvalue weighted by atomic mass is 32.2.